The molecule has 0 unspecified atom stereocenters. The molecular formula is C13H14ClN3OS. The van der Waals surface area contributed by atoms with Gasteiger partial charge in [0.25, 0.3) is 5.91 Å². The Kier molecular flexibility index (Phi) is 4.76. The SMILES string of the molecule is CCNc1ccc(Cl)cc1C(=O)NCc1cncs1. The summed E-state index contributed by atoms with van der Waals surface area (Å²) >= 11 is 7.46. The van der Waals surface area contributed by atoms with Crippen LogP contribution in [0.25, 0.3) is 0 Å². The average molecular weight is 296 g/mol. The number of hydrogen-bond donors (Lipinski definition) is 2. The van der Waals surface area contributed by atoms with Gasteiger partial charge in [-0.1, -0.05) is 11.6 Å². The summed E-state index contributed by atoms with van der Waals surface area (Å²) in [4.78, 5) is 17.1. The van der Waals surface area contributed by atoms with Gasteiger partial charge < -0.3 is 10.6 Å². The van der Waals surface area contributed by atoms with Crippen molar-refractivity contribution >= 4 is 34.5 Å². The summed E-state index contributed by atoms with van der Waals surface area (Å²) in [6.45, 7) is 3.20. The minimum atomic E-state index is -0.146. The molecule has 2 N–H and O–H groups in total. The summed E-state index contributed by atoms with van der Waals surface area (Å²) in [6.07, 6.45) is 1.74. The quantitative estimate of drug-likeness (QED) is 0.891. The fraction of sp³-hybridized carbons (Fsp3) is 0.231. The number of carbonyl (C=O) groups is 1. The van der Waals surface area contributed by atoms with E-state index < -0.39 is 0 Å². The molecule has 1 heterocycles. The zero-order chi connectivity index (χ0) is 13.7. The third-order valence-corrected chi connectivity index (χ3v) is 3.51. The second-order valence-electron chi connectivity index (χ2n) is 3.87. The molecule has 0 aliphatic heterocycles. The van der Waals surface area contributed by atoms with Crippen molar-refractivity contribution in [2.45, 2.75) is 13.5 Å². The van der Waals surface area contributed by atoms with E-state index in [1.165, 1.54) is 11.3 Å². The predicted octanol–water partition coefficient (Wildman–Crippen LogP) is 3.16. The van der Waals surface area contributed by atoms with E-state index in [0.717, 1.165) is 17.1 Å². The number of anilines is 1. The van der Waals surface area contributed by atoms with Crippen LogP contribution in [0.5, 0.6) is 0 Å². The lowest BCUT2D eigenvalue weighted by molar-refractivity contribution is 0.0952. The lowest BCUT2D eigenvalue weighted by Gasteiger charge is -2.11. The van der Waals surface area contributed by atoms with E-state index in [9.17, 15) is 4.79 Å². The summed E-state index contributed by atoms with van der Waals surface area (Å²) in [5.41, 5.74) is 3.08. The number of halogens is 1. The number of benzene rings is 1. The van der Waals surface area contributed by atoms with Crippen molar-refractivity contribution in [1.29, 1.82) is 0 Å². The fourth-order valence-corrected chi connectivity index (χ4v) is 2.35. The van der Waals surface area contributed by atoms with Crippen molar-refractivity contribution in [2.75, 3.05) is 11.9 Å². The third kappa shape index (κ3) is 3.68. The highest BCUT2D eigenvalue weighted by Gasteiger charge is 2.11. The molecule has 4 nitrogen and oxygen atoms in total. The third-order valence-electron chi connectivity index (χ3n) is 2.50. The summed E-state index contributed by atoms with van der Waals surface area (Å²) in [5.74, 6) is -0.146. The van der Waals surface area contributed by atoms with Gasteiger partial charge in [-0.15, -0.1) is 11.3 Å². The van der Waals surface area contributed by atoms with Crippen LogP contribution in [0.1, 0.15) is 22.2 Å². The first-order chi connectivity index (χ1) is 9.20. The van der Waals surface area contributed by atoms with Crippen molar-refractivity contribution in [3.63, 3.8) is 0 Å². The van der Waals surface area contributed by atoms with Crippen LogP contribution >= 0.6 is 22.9 Å². The van der Waals surface area contributed by atoms with Crippen molar-refractivity contribution in [2.24, 2.45) is 0 Å². The highest BCUT2D eigenvalue weighted by Crippen LogP contribution is 2.20. The molecule has 0 atom stereocenters. The number of thiazole rings is 1. The second kappa shape index (κ2) is 6.54. The van der Waals surface area contributed by atoms with Gasteiger partial charge in [-0.05, 0) is 25.1 Å². The van der Waals surface area contributed by atoms with Gasteiger partial charge in [-0.3, -0.25) is 9.78 Å². The van der Waals surface area contributed by atoms with Crippen LogP contribution < -0.4 is 10.6 Å². The molecule has 2 rings (SSSR count). The van der Waals surface area contributed by atoms with Crippen molar-refractivity contribution in [1.82, 2.24) is 10.3 Å². The molecule has 6 heteroatoms. The number of carbonyl (C=O) groups excluding carboxylic acids is 1. The molecule has 0 aliphatic carbocycles. The van der Waals surface area contributed by atoms with Crippen molar-refractivity contribution in [3.8, 4) is 0 Å². The molecule has 0 aliphatic rings. The van der Waals surface area contributed by atoms with E-state index in [0.29, 0.717) is 17.1 Å². The maximum Gasteiger partial charge on any atom is 0.253 e. The minimum Gasteiger partial charge on any atom is -0.385 e. The Morgan fingerprint density at radius 1 is 1.47 bits per heavy atom. The monoisotopic (exact) mass is 295 g/mol. The van der Waals surface area contributed by atoms with Gasteiger partial charge in [0.1, 0.15) is 0 Å². The summed E-state index contributed by atoms with van der Waals surface area (Å²) in [6, 6.07) is 5.24. The number of amides is 1. The molecular weight excluding hydrogens is 282 g/mol. The molecule has 0 saturated heterocycles. The molecule has 100 valence electrons. The zero-order valence-corrected chi connectivity index (χ0v) is 12.0. The number of aromatic nitrogens is 1. The van der Waals surface area contributed by atoms with Gasteiger partial charge in [-0.25, -0.2) is 0 Å². The van der Waals surface area contributed by atoms with E-state index in [-0.39, 0.29) is 5.91 Å². The smallest absolute Gasteiger partial charge is 0.253 e. The average Bonchev–Trinajstić information content (AvgIpc) is 2.91. The normalized spacial score (nSPS) is 10.2. The molecule has 0 bridgehead atoms. The van der Waals surface area contributed by atoms with E-state index in [1.54, 1.807) is 23.8 Å². The summed E-state index contributed by atoms with van der Waals surface area (Å²) < 4.78 is 0. The highest BCUT2D eigenvalue weighted by molar-refractivity contribution is 7.09. The number of hydrogen-bond acceptors (Lipinski definition) is 4. The molecule has 1 aromatic heterocycles. The first-order valence-corrected chi connectivity index (χ1v) is 7.15. The van der Waals surface area contributed by atoms with Crippen molar-refractivity contribution in [3.05, 3.63) is 45.4 Å². The minimum absolute atomic E-state index is 0.146. The predicted molar refractivity (Wildman–Crippen MR) is 78.9 cm³/mol. The molecule has 0 saturated carbocycles. The Hall–Kier alpha value is -1.59. The molecule has 0 fully saturated rings. The Morgan fingerprint density at radius 2 is 2.32 bits per heavy atom. The van der Waals surface area contributed by atoms with Crippen LogP contribution in [0.2, 0.25) is 5.02 Å². The Morgan fingerprint density at radius 3 is 3.00 bits per heavy atom. The maximum absolute atomic E-state index is 12.2. The van der Waals surface area contributed by atoms with Crippen molar-refractivity contribution < 1.29 is 4.79 Å². The first kappa shape index (κ1) is 13.8. The van der Waals surface area contributed by atoms with E-state index in [2.05, 4.69) is 15.6 Å². The second-order valence-corrected chi connectivity index (χ2v) is 5.28. The van der Waals surface area contributed by atoms with Crippen LogP contribution in [0, 0.1) is 0 Å². The van der Waals surface area contributed by atoms with Crippen LogP contribution in [0.3, 0.4) is 0 Å². The van der Waals surface area contributed by atoms with Gasteiger partial charge in [-0.2, -0.15) is 0 Å². The molecule has 1 amide bonds. The Balaban J connectivity index is 2.11. The fourth-order valence-electron chi connectivity index (χ4n) is 1.64. The standard InChI is InChI=1S/C13H14ClN3OS/c1-2-16-12-4-3-9(14)5-11(12)13(18)17-7-10-6-15-8-19-10/h3-6,8,16H,2,7H2,1H3,(H,17,18). The van der Waals surface area contributed by atoms with Crippen LogP contribution in [0.4, 0.5) is 5.69 Å². The van der Waals surface area contributed by atoms with Crippen LogP contribution in [0.15, 0.2) is 29.9 Å². The topological polar surface area (TPSA) is 54.0 Å². The molecule has 1 aromatic carbocycles. The van der Waals surface area contributed by atoms with Crippen LogP contribution in [-0.4, -0.2) is 17.4 Å². The summed E-state index contributed by atoms with van der Waals surface area (Å²) in [5, 5.41) is 6.55. The molecule has 0 radical (unpaired) electrons. The van der Waals surface area contributed by atoms with E-state index in [4.69, 9.17) is 11.6 Å². The van der Waals surface area contributed by atoms with Crippen LogP contribution in [-0.2, 0) is 6.54 Å². The lowest BCUT2D eigenvalue weighted by Crippen LogP contribution is -2.23. The largest absolute Gasteiger partial charge is 0.385 e. The molecule has 0 spiro atoms. The number of nitrogens with zero attached hydrogens (tertiary/aromatic N) is 1. The molecule has 2 aromatic rings. The van der Waals surface area contributed by atoms with Gasteiger partial charge in [0.15, 0.2) is 0 Å². The first-order valence-electron chi connectivity index (χ1n) is 5.89. The zero-order valence-electron chi connectivity index (χ0n) is 10.4. The maximum atomic E-state index is 12.2. The Bertz CT molecular complexity index is 557. The molecule has 19 heavy (non-hydrogen) atoms. The Labute approximate surface area is 120 Å². The van der Waals surface area contributed by atoms with Gasteiger partial charge in [0, 0.05) is 28.3 Å². The van der Waals surface area contributed by atoms with E-state index >= 15 is 0 Å². The number of rotatable bonds is 5. The van der Waals surface area contributed by atoms with Gasteiger partial charge in [0.05, 0.1) is 17.6 Å². The number of nitrogens with one attached hydrogen (secondary N) is 2. The summed E-state index contributed by atoms with van der Waals surface area (Å²) in [7, 11) is 0. The highest BCUT2D eigenvalue weighted by atomic mass is 35.5. The van der Waals surface area contributed by atoms with E-state index in [1.807, 2.05) is 13.0 Å². The van der Waals surface area contributed by atoms with Gasteiger partial charge in [0.2, 0.25) is 0 Å². The lowest BCUT2D eigenvalue weighted by atomic mass is 10.1. The van der Waals surface area contributed by atoms with Gasteiger partial charge >= 0.3 is 0 Å².